The first kappa shape index (κ1) is 19.9. The second-order valence-corrected chi connectivity index (χ2v) is 9.18. The largest absolute Gasteiger partial charge is 0.338 e. The molecule has 1 fully saturated rings. The Bertz CT molecular complexity index is 1180. The number of piperidine rings is 1. The van der Waals surface area contributed by atoms with E-state index in [-0.39, 0.29) is 23.5 Å². The Morgan fingerprint density at radius 1 is 1.06 bits per heavy atom. The van der Waals surface area contributed by atoms with Crippen LogP contribution in [0.2, 0.25) is 0 Å². The van der Waals surface area contributed by atoms with E-state index >= 15 is 0 Å². The highest BCUT2D eigenvalue weighted by atomic mass is 32.1. The van der Waals surface area contributed by atoms with Crippen molar-refractivity contribution in [3.8, 4) is 0 Å². The lowest BCUT2D eigenvalue weighted by Crippen LogP contribution is -2.43. The number of carbonyl (C=O) groups is 3. The zero-order valence-electron chi connectivity index (χ0n) is 17.1. The number of hydrogen-bond acceptors (Lipinski definition) is 5. The maximum absolute atomic E-state index is 13.3. The molecule has 1 N–H and O–H groups in total. The van der Waals surface area contributed by atoms with Gasteiger partial charge >= 0.3 is 0 Å². The van der Waals surface area contributed by atoms with Crippen LogP contribution in [0.5, 0.6) is 0 Å². The second-order valence-electron chi connectivity index (χ2n) is 8.18. The number of nitrogens with one attached hydrogen (secondary N) is 1. The quantitative estimate of drug-likeness (QED) is 0.668. The molecule has 1 aromatic heterocycles. The highest BCUT2D eigenvalue weighted by Crippen LogP contribution is 2.30. The third kappa shape index (κ3) is 3.85. The number of anilines is 1. The first-order chi connectivity index (χ1) is 15.1. The van der Waals surface area contributed by atoms with Gasteiger partial charge in [0, 0.05) is 25.1 Å². The predicted molar refractivity (Wildman–Crippen MR) is 121 cm³/mol. The van der Waals surface area contributed by atoms with Gasteiger partial charge < -0.3 is 10.2 Å². The van der Waals surface area contributed by atoms with Gasteiger partial charge in [-0.05, 0) is 42.5 Å². The monoisotopic (exact) mass is 433 g/mol. The summed E-state index contributed by atoms with van der Waals surface area (Å²) in [5, 5.41) is 5.34. The standard InChI is InChI=1S/C24H23N3O3S/c28-20-12-4-11-19-21(20)31-24(25-19)26-22(29)16-8-5-13-27(14-16)23(30)18-10-3-7-15-6-1-2-9-17(15)18/h1-3,6-7,9-10,16H,4-5,8,11-14H2,(H,25,26,29). The minimum Gasteiger partial charge on any atom is -0.338 e. The molecule has 31 heavy (non-hydrogen) atoms. The molecule has 1 atom stereocenters. The number of hydrogen-bond donors (Lipinski definition) is 1. The van der Waals surface area contributed by atoms with Gasteiger partial charge in [0.1, 0.15) is 0 Å². The summed E-state index contributed by atoms with van der Waals surface area (Å²) in [4.78, 5) is 45.1. The summed E-state index contributed by atoms with van der Waals surface area (Å²) >= 11 is 1.27. The summed E-state index contributed by atoms with van der Waals surface area (Å²) in [5.74, 6) is -0.341. The molecule has 0 saturated carbocycles. The Morgan fingerprint density at radius 3 is 2.77 bits per heavy atom. The number of amides is 2. The molecule has 0 radical (unpaired) electrons. The molecule has 2 heterocycles. The molecule has 1 aliphatic carbocycles. The van der Waals surface area contributed by atoms with Crippen LogP contribution in [0.25, 0.3) is 10.8 Å². The number of nitrogens with zero attached hydrogens (tertiary/aromatic N) is 2. The van der Waals surface area contributed by atoms with Crippen LogP contribution < -0.4 is 5.32 Å². The fourth-order valence-electron chi connectivity index (χ4n) is 4.49. The summed E-state index contributed by atoms with van der Waals surface area (Å²) in [6.07, 6.45) is 3.66. The van der Waals surface area contributed by atoms with Gasteiger partial charge in [-0.2, -0.15) is 0 Å². The van der Waals surface area contributed by atoms with E-state index < -0.39 is 0 Å². The van der Waals surface area contributed by atoms with E-state index in [1.165, 1.54) is 11.3 Å². The first-order valence-electron chi connectivity index (χ1n) is 10.7. The van der Waals surface area contributed by atoms with Crippen molar-refractivity contribution in [2.24, 2.45) is 5.92 Å². The average Bonchev–Trinajstić information content (AvgIpc) is 3.22. The van der Waals surface area contributed by atoms with E-state index in [4.69, 9.17) is 0 Å². The maximum atomic E-state index is 13.3. The highest BCUT2D eigenvalue weighted by molar-refractivity contribution is 7.17. The molecule has 1 unspecified atom stereocenters. The lowest BCUT2D eigenvalue weighted by molar-refractivity contribution is -0.121. The second kappa shape index (κ2) is 8.23. The fourth-order valence-corrected chi connectivity index (χ4v) is 5.47. The molecular weight excluding hydrogens is 410 g/mol. The Balaban J connectivity index is 1.30. The average molecular weight is 434 g/mol. The molecule has 0 bridgehead atoms. The SMILES string of the molecule is O=C1CCCc2nc(NC(=O)C3CCCN(C(=O)c4cccc5ccccc45)C3)sc21. The molecule has 158 valence electrons. The van der Waals surface area contributed by atoms with Crippen molar-refractivity contribution in [2.45, 2.75) is 32.1 Å². The number of Topliss-reactive ketones (excluding diaryl/α,β-unsaturated/α-hetero) is 1. The molecule has 7 heteroatoms. The van der Waals surface area contributed by atoms with Crippen LogP contribution in [-0.2, 0) is 11.2 Å². The van der Waals surface area contributed by atoms with E-state index in [1.54, 1.807) is 4.90 Å². The van der Waals surface area contributed by atoms with Gasteiger partial charge in [-0.3, -0.25) is 14.4 Å². The minimum atomic E-state index is -0.288. The van der Waals surface area contributed by atoms with E-state index in [9.17, 15) is 14.4 Å². The third-order valence-corrected chi connectivity index (χ3v) is 7.15. The summed E-state index contributed by atoms with van der Waals surface area (Å²) in [7, 11) is 0. The van der Waals surface area contributed by atoms with Crippen LogP contribution in [0.15, 0.2) is 42.5 Å². The number of ketones is 1. The van der Waals surface area contributed by atoms with Crippen LogP contribution in [0, 0.1) is 5.92 Å². The van der Waals surface area contributed by atoms with E-state index in [0.717, 1.165) is 42.1 Å². The molecule has 2 amide bonds. The summed E-state index contributed by atoms with van der Waals surface area (Å²) in [5.41, 5.74) is 1.47. The van der Waals surface area contributed by atoms with Crippen molar-refractivity contribution >= 4 is 44.8 Å². The van der Waals surface area contributed by atoms with Crippen LogP contribution in [0.4, 0.5) is 5.13 Å². The van der Waals surface area contributed by atoms with Crippen LogP contribution in [-0.4, -0.2) is 40.6 Å². The van der Waals surface area contributed by atoms with Gasteiger partial charge in [-0.1, -0.05) is 47.7 Å². The molecule has 2 aliphatic rings. The maximum Gasteiger partial charge on any atom is 0.254 e. The molecule has 6 nitrogen and oxygen atoms in total. The summed E-state index contributed by atoms with van der Waals surface area (Å²) in [6, 6.07) is 13.6. The van der Waals surface area contributed by atoms with Crippen molar-refractivity contribution in [3.63, 3.8) is 0 Å². The Morgan fingerprint density at radius 2 is 1.90 bits per heavy atom. The van der Waals surface area contributed by atoms with Crippen LogP contribution >= 0.6 is 11.3 Å². The van der Waals surface area contributed by atoms with Gasteiger partial charge in [0.15, 0.2) is 10.9 Å². The Kier molecular flexibility index (Phi) is 5.28. The topological polar surface area (TPSA) is 79.4 Å². The van der Waals surface area contributed by atoms with Crippen molar-refractivity contribution in [3.05, 3.63) is 58.6 Å². The lowest BCUT2D eigenvalue weighted by Gasteiger charge is -2.32. The predicted octanol–water partition coefficient (Wildman–Crippen LogP) is 4.31. The number of rotatable bonds is 3. The van der Waals surface area contributed by atoms with E-state index in [2.05, 4.69) is 10.3 Å². The third-order valence-electron chi connectivity index (χ3n) is 6.10. The Hall–Kier alpha value is -3.06. The lowest BCUT2D eigenvalue weighted by atomic mass is 9.95. The van der Waals surface area contributed by atoms with Gasteiger partial charge in [-0.25, -0.2) is 4.98 Å². The molecule has 1 aliphatic heterocycles. The number of likely N-dealkylation sites (tertiary alicyclic amines) is 1. The summed E-state index contributed by atoms with van der Waals surface area (Å²) < 4.78 is 0. The number of carbonyl (C=O) groups excluding carboxylic acids is 3. The molecular formula is C24H23N3O3S. The zero-order chi connectivity index (χ0) is 21.4. The van der Waals surface area contributed by atoms with Crippen LogP contribution in [0.3, 0.4) is 0 Å². The van der Waals surface area contributed by atoms with Crippen molar-refractivity contribution in [1.82, 2.24) is 9.88 Å². The highest BCUT2D eigenvalue weighted by Gasteiger charge is 2.30. The zero-order valence-corrected chi connectivity index (χ0v) is 17.9. The fraction of sp³-hybridized carbons (Fsp3) is 0.333. The number of fused-ring (bicyclic) bond motifs is 2. The van der Waals surface area contributed by atoms with Crippen molar-refractivity contribution in [1.29, 1.82) is 0 Å². The van der Waals surface area contributed by atoms with Crippen LogP contribution in [0.1, 0.15) is 51.4 Å². The van der Waals surface area contributed by atoms with Gasteiger partial charge in [-0.15, -0.1) is 0 Å². The minimum absolute atomic E-state index is 0.0374. The molecule has 5 rings (SSSR count). The van der Waals surface area contributed by atoms with E-state index in [0.29, 0.717) is 35.1 Å². The van der Waals surface area contributed by atoms with Gasteiger partial charge in [0.2, 0.25) is 5.91 Å². The Labute approximate surface area is 184 Å². The molecule has 1 saturated heterocycles. The molecule has 3 aromatic rings. The number of aromatic nitrogens is 1. The van der Waals surface area contributed by atoms with E-state index in [1.807, 2.05) is 42.5 Å². The van der Waals surface area contributed by atoms with Crippen molar-refractivity contribution < 1.29 is 14.4 Å². The normalized spacial score (nSPS) is 18.6. The number of thiazole rings is 1. The molecule has 2 aromatic carbocycles. The van der Waals surface area contributed by atoms with Gasteiger partial charge in [0.05, 0.1) is 16.5 Å². The molecule has 0 spiro atoms. The first-order valence-corrected chi connectivity index (χ1v) is 11.5. The smallest absolute Gasteiger partial charge is 0.254 e. The van der Waals surface area contributed by atoms with Crippen molar-refractivity contribution in [2.75, 3.05) is 18.4 Å². The summed E-state index contributed by atoms with van der Waals surface area (Å²) in [6.45, 7) is 1.03. The van der Waals surface area contributed by atoms with Gasteiger partial charge in [0.25, 0.3) is 5.91 Å². The number of aryl methyl sites for hydroxylation is 1. The number of benzene rings is 2.